The molecule has 1 unspecified atom stereocenters. The lowest BCUT2D eigenvalue weighted by molar-refractivity contribution is -0.274. The smallest absolute Gasteiger partial charge is 0.493 e. The van der Waals surface area contributed by atoms with Crippen LogP contribution in [0.2, 0.25) is 0 Å². The molecule has 168 valence electrons. The van der Waals surface area contributed by atoms with Crippen molar-refractivity contribution in [3.05, 3.63) is 60.3 Å². The standard InChI is InChI=1S/C24H22F3NO4/c1-2-21(23(29)30)28-14-13-18-9-12-20(16-22(18)28)31-15-5-3-4-6-17-7-10-19(11-8-17)32-24(25,26)27/h7-14,16,21H,2-3,5,15H2,1H3,(H,29,30). The summed E-state index contributed by atoms with van der Waals surface area (Å²) >= 11 is 0. The number of aromatic nitrogens is 1. The van der Waals surface area contributed by atoms with Crippen LogP contribution in [-0.2, 0) is 4.79 Å². The zero-order chi connectivity index (χ0) is 23.1. The number of carboxylic acids is 1. The number of hydrogen-bond donors (Lipinski definition) is 1. The molecule has 3 aromatic rings. The molecule has 0 aliphatic heterocycles. The molecule has 0 spiro atoms. The van der Waals surface area contributed by atoms with Crippen LogP contribution in [0.1, 0.15) is 37.8 Å². The van der Waals surface area contributed by atoms with E-state index in [1.54, 1.807) is 10.8 Å². The first-order valence-electron chi connectivity index (χ1n) is 10.1. The molecule has 0 saturated carbocycles. The lowest BCUT2D eigenvalue weighted by Crippen LogP contribution is -2.17. The number of ether oxygens (including phenoxy) is 2. The molecule has 3 rings (SSSR count). The van der Waals surface area contributed by atoms with Gasteiger partial charge < -0.3 is 19.1 Å². The van der Waals surface area contributed by atoms with Crippen molar-refractivity contribution in [3.8, 4) is 23.3 Å². The molecule has 0 aliphatic carbocycles. The lowest BCUT2D eigenvalue weighted by atomic mass is 10.2. The number of unbranched alkanes of at least 4 members (excludes halogenated alkanes) is 1. The lowest BCUT2D eigenvalue weighted by Gasteiger charge is -2.14. The molecule has 5 nitrogen and oxygen atoms in total. The van der Waals surface area contributed by atoms with E-state index in [9.17, 15) is 23.1 Å². The van der Waals surface area contributed by atoms with Crippen LogP contribution in [0.4, 0.5) is 13.2 Å². The molecule has 1 heterocycles. The Balaban J connectivity index is 1.52. The number of rotatable bonds is 8. The minimum absolute atomic E-state index is 0.284. The summed E-state index contributed by atoms with van der Waals surface area (Å²) in [6.07, 6.45) is -1.26. The van der Waals surface area contributed by atoms with E-state index in [1.165, 1.54) is 24.3 Å². The molecule has 8 heteroatoms. The summed E-state index contributed by atoms with van der Waals surface area (Å²) < 4.78 is 47.8. The number of benzene rings is 2. The average Bonchev–Trinajstić information content (AvgIpc) is 3.14. The summed E-state index contributed by atoms with van der Waals surface area (Å²) in [5, 5.41) is 10.4. The van der Waals surface area contributed by atoms with Crippen LogP contribution in [0.15, 0.2) is 54.7 Å². The van der Waals surface area contributed by atoms with Gasteiger partial charge in [-0.15, -0.1) is 13.2 Å². The number of halogens is 3. The zero-order valence-corrected chi connectivity index (χ0v) is 17.4. The van der Waals surface area contributed by atoms with Gasteiger partial charge in [-0.3, -0.25) is 0 Å². The van der Waals surface area contributed by atoms with Gasteiger partial charge in [-0.2, -0.15) is 0 Å². The van der Waals surface area contributed by atoms with Gasteiger partial charge in [-0.25, -0.2) is 4.79 Å². The second-order valence-electron chi connectivity index (χ2n) is 7.03. The van der Waals surface area contributed by atoms with Crippen molar-refractivity contribution in [3.63, 3.8) is 0 Å². The number of hydrogen-bond acceptors (Lipinski definition) is 3. The molecule has 1 N–H and O–H groups in total. The average molecular weight is 445 g/mol. The number of nitrogens with zero attached hydrogens (tertiary/aromatic N) is 1. The van der Waals surface area contributed by atoms with E-state index < -0.39 is 18.4 Å². The zero-order valence-electron chi connectivity index (χ0n) is 17.4. The molecule has 32 heavy (non-hydrogen) atoms. The van der Waals surface area contributed by atoms with Gasteiger partial charge in [0.1, 0.15) is 17.5 Å². The van der Waals surface area contributed by atoms with Crippen molar-refractivity contribution >= 4 is 16.9 Å². The molecule has 0 aliphatic rings. The van der Waals surface area contributed by atoms with Crippen molar-refractivity contribution in [2.24, 2.45) is 0 Å². The number of aliphatic carboxylic acids is 1. The first-order chi connectivity index (χ1) is 15.3. The fourth-order valence-corrected chi connectivity index (χ4v) is 3.24. The molecule has 2 aromatic carbocycles. The number of carbonyl (C=O) groups is 1. The Hall–Kier alpha value is -3.60. The monoisotopic (exact) mass is 445 g/mol. The van der Waals surface area contributed by atoms with Gasteiger partial charge in [0.2, 0.25) is 0 Å². The summed E-state index contributed by atoms with van der Waals surface area (Å²) in [5.74, 6) is 5.34. The highest BCUT2D eigenvalue weighted by molar-refractivity contribution is 5.84. The van der Waals surface area contributed by atoms with Crippen molar-refractivity contribution < 1.29 is 32.5 Å². The van der Waals surface area contributed by atoms with Crippen LogP contribution >= 0.6 is 0 Å². The maximum Gasteiger partial charge on any atom is 0.573 e. The Morgan fingerprint density at radius 1 is 1.12 bits per heavy atom. The van der Waals surface area contributed by atoms with E-state index in [-0.39, 0.29) is 5.75 Å². The predicted molar refractivity (Wildman–Crippen MR) is 114 cm³/mol. The molecule has 1 atom stereocenters. The van der Waals surface area contributed by atoms with E-state index in [0.717, 1.165) is 10.9 Å². The highest BCUT2D eigenvalue weighted by Gasteiger charge is 2.30. The SMILES string of the molecule is CCC(C(=O)O)n1ccc2ccc(OCCCC#Cc3ccc(OC(F)(F)F)cc3)cc21. The van der Waals surface area contributed by atoms with Crippen LogP contribution in [0.3, 0.4) is 0 Å². The van der Waals surface area contributed by atoms with Crippen molar-refractivity contribution in [1.29, 1.82) is 0 Å². The fraction of sp³-hybridized carbons (Fsp3) is 0.292. The fourth-order valence-electron chi connectivity index (χ4n) is 3.24. The minimum Gasteiger partial charge on any atom is -0.493 e. The first-order valence-corrected chi connectivity index (χ1v) is 10.1. The molecule has 0 bridgehead atoms. The molecular weight excluding hydrogens is 423 g/mol. The second-order valence-corrected chi connectivity index (χ2v) is 7.03. The van der Waals surface area contributed by atoms with Crippen LogP contribution < -0.4 is 9.47 Å². The molecular formula is C24H22F3NO4. The third-order valence-corrected chi connectivity index (χ3v) is 4.74. The van der Waals surface area contributed by atoms with Gasteiger partial charge in [-0.05, 0) is 60.7 Å². The third-order valence-electron chi connectivity index (χ3n) is 4.74. The maximum absolute atomic E-state index is 12.2. The van der Waals surface area contributed by atoms with E-state index >= 15 is 0 Å². The van der Waals surface area contributed by atoms with E-state index in [2.05, 4.69) is 16.6 Å². The van der Waals surface area contributed by atoms with Gasteiger partial charge in [0.15, 0.2) is 0 Å². The van der Waals surface area contributed by atoms with E-state index in [4.69, 9.17) is 4.74 Å². The van der Waals surface area contributed by atoms with Crippen LogP contribution in [0.25, 0.3) is 10.9 Å². The van der Waals surface area contributed by atoms with E-state index in [1.807, 2.05) is 31.2 Å². The molecule has 0 saturated heterocycles. The Kier molecular flexibility index (Phi) is 7.31. The quantitative estimate of drug-likeness (QED) is 0.352. The highest BCUT2D eigenvalue weighted by Crippen LogP contribution is 2.26. The van der Waals surface area contributed by atoms with Gasteiger partial charge in [0.05, 0.1) is 12.1 Å². The molecule has 0 amide bonds. The Bertz CT molecular complexity index is 1120. The number of carboxylic acid groups (broad SMARTS) is 1. The summed E-state index contributed by atoms with van der Waals surface area (Å²) in [4.78, 5) is 11.5. The normalized spacial score (nSPS) is 12.1. The van der Waals surface area contributed by atoms with Gasteiger partial charge >= 0.3 is 12.3 Å². The van der Waals surface area contributed by atoms with E-state index in [0.29, 0.717) is 37.2 Å². The topological polar surface area (TPSA) is 60.7 Å². The van der Waals surface area contributed by atoms with Crippen LogP contribution in [-0.4, -0.2) is 28.6 Å². The van der Waals surface area contributed by atoms with Crippen LogP contribution in [0.5, 0.6) is 11.5 Å². The molecule has 0 fully saturated rings. The Morgan fingerprint density at radius 2 is 1.84 bits per heavy atom. The molecule has 0 radical (unpaired) electrons. The maximum atomic E-state index is 12.2. The van der Waals surface area contributed by atoms with Crippen molar-refractivity contribution in [1.82, 2.24) is 4.57 Å². The predicted octanol–water partition coefficient (Wildman–Crippen LogP) is 5.79. The van der Waals surface area contributed by atoms with Crippen molar-refractivity contribution in [2.45, 2.75) is 38.6 Å². The summed E-state index contributed by atoms with van der Waals surface area (Å²) in [5.41, 5.74) is 1.39. The number of fused-ring (bicyclic) bond motifs is 1. The van der Waals surface area contributed by atoms with Crippen molar-refractivity contribution in [2.75, 3.05) is 6.61 Å². The minimum atomic E-state index is -4.71. The highest BCUT2D eigenvalue weighted by atomic mass is 19.4. The Labute approximate surface area is 183 Å². The largest absolute Gasteiger partial charge is 0.573 e. The first kappa shape index (κ1) is 23.1. The number of alkyl halides is 3. The summed E-state index contributed by atoms with van der Waals surface area (Å²) in [6.45, 7) is 2.26. The molecule has 1 aromatic heterocycles. The third kappa shape index (κ3) is 6.20. The van der Waals surface area contributed by atoms with Gasteiger partial charge in [0.25, 0.3) is 0 Å². The second kappa shape index (κ2) is 10.1. The van der Waals surface area contributed by atoms with Gasteiger partial charge in [0, 0.05) is 24.2 Å². The summed E-state index contributed by atoms with van der Waals surface area (Å²) in [7, 11) is 0. The van der Waals surface area contributed by atoms with Gasteiger partial charge in [-0.1, -0.05) is 18.8 Å². The summed E-state index contributed by atoms with van der Waals surface area (Å²) in [6, 6.07) is 12.2. The van der Waals surface area contributed by atoms with Crippen LogP contribution in [0, 0.1) is 11.8 Å². The Morgan fingerprint density at radius 3 is 2.50 bits per heavy atom.